The van der Waals surface area contributed by atoms with Crippen LogP contribution in [0.1, 0.15) is 11.3 Å². The average Bonchev–Trinajstić information content (AvgIpc) is 2.39. The zero-order valence-corrected chi connectivity index (χ0v) is 11.3. The lowest BCUT2D eigenvalue weighted by Crippen LogP contribution is -1.98. The first-order valence-electron chi connectivity index (χ1n) is 5.62. The van der Waals surface area contributed by atoms with Crippen molar-refractivity contribution in [3.8, 4) is 11.8 Å². The molecular formula is C14H12ClN3O. The summed E-state index contributed by atoms with van der Waals surface area (Å²) in [6.45, 7) is 1.87. The molecule has 0 spiro atoms. The Kier molecular flexibility index (Phi) is 3.88. The molecule has 96 valence electrons. The molecule has 0 bridgehead atoms. The van der Waals surface area contributed by atoms with Crippen molar-refractivity contribution in [2.45, 2.75) is 6.92 Å². The summed E-state index contributed by atoms with van der Waals surface area (Å²) >= 11 is 6.05. The number of halogens is 1. The maximum Gasteiger partial charge on any atom is 0.148 e. The molecule has 2 rings (SSSR count). The van der Waals surface area contributed by atoms with Crippen LogP contribution in [0.3, 0.4) is 0 Å². The van der Waals surface area contributed by atoms with Crippen molar-refractivity contribution in [2.24, 2.45) is 0 Å². The van der Waals surface area contributed by atoms with E-state index in [1.54, 1.807) is 31.4 Å². The van der Waals surface area contributed by atoms with Crippen LogP contribution in [-0.2, 0) is 0 Å². The molecule has 0 atom stereocenters. The minimum absolute atomic E-state index is 0.484. The normalized spacial score (nSPS) is 9.79. The fraction of sp³-hybridized carbons (Fsp3) is 0.143. The van der Waals surface area contributed by atoms with E-state index in [1.165, 1.54) is 0 Å². The van der Waals surface area contributed by atoms with Crippen LogP contribution in [0.25, 0.3) is 0 Å². The molecule has 0 fully saturated rings. The van der Waals surface area contributed by atoms with Gasteiger partial charge in [0.15, 0.2) is 0 Å². The van der Waals surface area contributed by atoms with E-state index < -0.39 is 0 Å². The van der Waals surface area contributed by atoms with Crippen LogP contribution in [0.4, 0.5) is 11.5 Å². The Bertz CT molecular complexity index is 650. The summed E-state index contributed by atoms with van der Waals surface area (Å²) in [6, 6.07) is 10.9. The highest BCUT2D eigenvalue weighted by Gasteiger charge is 2.06. The van der Waals surface area contributed by atoms with Crippen molar-refractivity contribution in [3.63, 3.8) is 0 Å². The standard InChI is InChI=1S/C14H12ClN3O/c1-9-3-4-10(8-16)14(17-9)18-11-5-6-13(19-2)12(15)7-11/h3-7H,1-2H3,(H,17,18). The minimum Gasteiger partial charge on any atom is -0.495 e. The average molecular weight is 274 g/mol. The van der Waals surface area contributed by atoms with Crippen LogP contribution in [0.5, 0.6) is 5.75 Å². The smallest absolute Gasteiger partial charge is 0.148 e. The van der Waals surface area contributed by atoms with Crippen LogP contribution >= 0.6 is 11.6 Å². The van der Waals surface area contributed by atoms with Gasteiger partial charge in [-0.2, -0.15) is 5.26 Å². The van der Waals surface area contributed by atoms with E-state index in [-0.39, 0.29) is 0 Å². The van der Waals surface area contributed by atoms with Crippen LogP contribution < -0.4 is 10.1 Å². The number of benzene rings is 1. The second kappa shape index (κ2) is 5.59. The lowest BCUT2D eigenvalue weighted by Gasteiger charge is -2.10. The largest absolute Gasteiger partial charge is 0.495 e. The van der Waals surface area contributed by atoms with Gasteiger partial charge in [0.1, 0.15) is 17.6 Å². The van der Waals surface area contributed by atoms with Crippen molar-refractivity contribution < 1.29 is 4.74 Å². The number of nitrogens with zero attached hydrogens (tertiary/aromatic N) is 2. The molecule has 1 aromatic heterocycles. The Hall–Kier alpha value is -2.25. The fourth-order valence-corrected chi connectivity index (χ4v) is 1.88. The molecule has 4 nitrogen and oxygen atoms in total. The van der Waals surface area contributed by atoms with E-state index in [1.807, 2.05) is 13.0 Å². The number of pyridine rings is 1. The molecule has 0 unspecified atom stereocenters. The topological polar surface area (TPSA) is 57.9 Å². The summed E-state index contributed by atoms with van der Waals surface area (Å²) in [4.78, 5) is 4.30. The summed E-state index contributed by atoms with van der Waals surface area (Å²) in [5.41, 5.74) is 2.07. The molecular weight excluding hydrogens is 262 g/mol. The van der Waals surface area contributed by atoms with Crippen molar-refractivity contribution in [2.75, 3.05) is 12.4 Å². The second-order valence-electron chi connectivity index (χ2n) is 3.93. The molecule has 0 saturated carbocycles. The molecule has 1 heterocycles. The Labute approximate surface area is 116 Å². The zero-order chi connectivity index (χ0) is 13.8. The Morgan fingerprint density at radius 3 is 2.74 bits per heavy atom. The zero-order valence-electron chi connectivity index (χ0n) is 10.6. The molecule has 1 aromatic carbocycles. The van der Waals surface area contributed by atoms with E-state index in [4.69, 9.17) is 21.6 Å². The van der Waals surface area contributed by atoms with Gasteiger partial charge in [-0.3, -0.25) is 0 Å². The lowest BCUT2D eigenvalue weighted by molar-refractivity contribution is 0.415. The first-order valence-corrected chi connectivity index (χ1v) is 6.00. The molecule has 0 radical (unpaired) electrons. The van der Waals surface area contributed by atoms with Gasteiger partial charge in [0, 0.05) is 11.4 Å². The van der Waals surface area contributed by atoms with Gasteiger partial charge in [-0.1, -0.05) is 11.6 Å². The molecule has 1 N–H and O–H groups in total. The van der Waals surface area contributed by atoms with Crippen molar-refractivity contribution in [3.05, 3.63) is 46.6 Å². The van der Waals surface area contributed by atoms with Gasteiger partial charge in [0.05, 0.1) is 17.7 Å². The van der Waals surface area contributed by atoms with E-state index in [2.05, 4.69) is 16.4 Å². The number of aromatic nitrogens is 1. The van der Waals surface area contributed by atoms with E-state index in [9.17, 15) is 0 Å². The highest BCUT2D eigenvalue weighted by atomic mass is 35.5. The predicted molar refractivity (Wildman–Crippen MR) is 75.0 cm³/mol. The number of rotatable bonds is 3. The lowest BCUT2D eigenvalue weighted by atomic mass is 10.2. The third kappa shape index (κ3) is 2.95. The second-order valence-corrected chi connectivity index (χ2v) is 4.34. The van der Waals surface area contributed by atoms with Crippen LogP contribution in [0.15, 0.2) is 30.3 Å². The van der Waals surface area contributed by atoms with Gasteiger partial charge in [-0.15, -0.1) is 0 Å². The number of hydrogen-bond donors (Lipinski definition) is 1. The predicted octanol–water partition coefficient (Wildman–Crippen LogP) is 3.67. The third-order valence-electron chi connectivity index (χ3n) is 2.57. The first kappa shape index (κ1) is 13.2. The molecule has 0 saturated heterocycles. The van der Waals surface area contributed by atoms with E-state index in [0.29, 0.717) is 22.2 Å². The molecule has 0 aliphatic rings. The summed E-state index contributed by atoms with van der Waals surface area (Å²) in [5.74, 6) is 1.12. The van der Waals surface area contributed by atoms with E-state index in [0.717, 1.165) is 11.4 Å². The number of methoxy groups -OCH3 is 1. The van der Waals surface area contributed by atoms with Gasteiger partial charge >= 0.3 is 0 Å². The summed E-state index contributed by atoms with van der Waals surface area (Å²) in [7, 11) is 1.56. The number of nitriles is 1. The van der Waals surface area contributed by atoms with Crippen LogP contribution in [-0.4, -0.2) is 12.1 Å². The Balaban J connectivity index is 2.34. The SMILES string of the molecule is COc1ccc(Nc2nc(C)ccc2C#N)cc1Cl. The molecule has 2 aromatic rings. The monoisotopic (exact) mass is 273 g/mol. The highest BCUT2D eigenvalue weighted by Crippen LogP contribution is 2.29. The number of anilines is 2. The summed E-state index contributed by atoms with van der Waals surface area (Å²) in [5, 5.41) is 12.6. The van der Waals surface area contributed by atoms with Gasteiger partial charge in [0.2, 0.25) is 0 Å². The Morgan fingerprint density at radius 2 is 2.11 bits per heavy atom. The quantitative estimate of drug-likeness (QED) is 0.927. The molecule has 0 amide bonds. The van der Waals surface area contributed by atoms with Gasteiger partial charge in [0.25, 0.3) is 0 Å². The van der Waals surface area contributed by atoms with Gasteiger partial charge in [-0.25, -0.2) is 4.98 Å². The summed E-state index contributed by atoms with van der Waals surface area (Å²) < 4.78 is 5.09. The van der Waals surface area contributed by atoms with Gasteiger partial charge < -0.3 is 10.1 Å². The summed E-state index contributed by atoms with van der Waals surface area (Å²) in [6.07, 6.45) is 0. The highest BCUT2D eigenvalue weighted by molar-refractivity contribution is 6.32. The minimum atomic E-state index is 0.484. The van der Waals surface area contributed by atoms with E-state index >= 15 is 0 Å². The van der Waals surface area contributed by atoms with Crippen LogP contribution in [0.2, 0.25) is 5.02 Å². The van der Waals surface area contributed by atoms with Crippen molar-refractivity contribution in [1.29, 1.82) is 5.26 Å². The number of nitrogens with one attached hydrogen (secondary N) is 1. The molecule has 0 aliphatic heterocycles. The maximum absolute atomic E-state index is 9.05. The first-order chi connectivity index (χ1) is 9.13. The molecule has 0 aliphatic carbocycles. The van der Waals surface area contributed by atoms with Crippen molar-refractivity contribution >= 4 is 23.1 Å². The van der Waals surface area contributed by atoms with Gasteiger partial charge in [-0.05, 0) is 37.3 Å². The molecule has 19 heavy (non-hydrogen) atoms. The number of aryl methyl sites for hydroxylation is 1. The Morgan fingerprint density at radius 1 is 1.32 bits per heavy atom. The van der Waals surface area contributed by atoms with Crippen molar-refractivity contribution in [1.82, 2.24) is 4.98 Å². The number of hydrogen-bond acceptors (Lipinski definition) is 4. The van der Waals surface area contributed by atoms with Crippen LogP contribution in [0, 0.1) is 18.3 Å². The maximum atomic E-state index is 9.05. The third-order valence-corrected chi connectivity index (χ3v) is 2.86. The fourth-order valence-electron chi connectivity index (χ4n) is 1.62. The molecule has 5 heteroatoms. The number of ether oxygens (including phenoxy) is 1.